The third-order valence-electron chi connectivity index (χ3n) is 5.27. The predicted molar refractivity (Wildman–Crippen MR) is 122 cm³/mol. The zero-order valence-electron chi connectivity index (χ0n) is 17.8. The van der Waals surface area contributed by atoms with E-state index in [2.05, 4.69) is 14.8 Å². The minimum Gasteiger partial charge on any atom is -0.494 e. The Morgan fingerprint density at radius 3 is 2.48 bits per heavy atom. The maximum Gasteiger partial charge on any atom is 0.190 e. The molecule has 1 saturated heterocycles. The van der Waals surface area contributed by atoms with Gasteiger partial charge in [0, 0.05) is 31.6 Å². The molecule has 2 aromatic carbocycles. The fourth-order valence-corrected chi connectivity index (χ4v) is 4.61. The summed E-state index contributed by atoms with van der Waals surface area (Å²) in [6, 6.07) is 14.5. The van der Waals surface area contributed by atoms with Crippen LogP contribution in [0.4, 0.5) is 10.1 Å². The quantitative estimate of drug-likeness (QED) is 0.508. The molecule has 3 aromatic rings. The second-order valence-electron chi connectivity index (χ2n) is 7.41. The Kier molecular flexibility index (Phi) is 7.51. The lowest BCUT2D eigenvalue weighted by atomic mass is 10.1. The number of thiazole rings is 1. The van der Waals surface area contributed by atoms with Crippen molar-refractivity contribution in [2.75, 3.05) is 39.5 Å². The van der Waals surface area contributed by atoms with Crippen LogP contribution in [-0.4, -0.2) is 48.9 Å². The lowest BCUT2D eigenvalue weighted by Crippen LogP contribution is -2.37. The summed E-state index contributed by atoms with van der Waals surface area (Å²) < 4.78 is 26.7. The van der Waals surface area contributed by atoms with Crippen molar-refractivity contribution in [3.63, 3.8) is 0 Å². The van der Waals surface area contributed by atoms with Gasteiger partial charge in [-0.1, -0.05) is 0 Å². The molecule has 0 N–H and O–H groups in total. The molecule has 7 heteroatoms. The molecule has 1 aliphatic rings. The molecule has 5 nitrogen and oxygen atoms in total. The lowest BCUT2D eigenvalue weighted by molar-refractivity contribution is 0.0369. The number of ether oxygens (including phenoxy) is 2. The number of hydrogen-bond acceptors (Lipinski definition) is 5. The highest BCUT2D eigenvalue weighted by molar-refractivity contribution is 7.07. The number of hydrogen-bond donors (Lipinski definition) is 0. The average Bonchev–Trinajstić information content (AvgIpc) is 3.19. The predicted octanol–water partition coefficient (Wildman–Crippen LogP) is 4.71. The topological polar surface area (TPSA) is 39.0 Å². The van der Waals surface area contributed by atoms with Crippen molar-refractivity contribution >= 4 is 17.0 Å². The van der Waals surface area contributed by atoms with E-state index in [4.69, 9.17) is 14.5 Å². The molecule has 0 unspecified atom stereocenters. The van der Waals surface area contributed by atoms with Crippen molar-refractivity contribution < 1.29 is 13.9 Å². The monoisotopic (exact) mass is 441 g/mol. The molecule has 0 spiro atoms. The Bertz CT molecular complexity index is 1020. The van der Waals surface area contributed by atoms with Crippen LogP contribution in [0.5, 0.6) is 5.75 Å². The third-order valence-corrected chi connectivity index (χ3v) is 6.13. The van der Waals surface area contributed by atoms with Gasteiger partial charge in [0.05, 0.1) is 31.2 Å². The number of halogens is 1. The average molecular weight is 442 g/mol. The first-order valence-electron chi connectivity index (χ1n) is 10.7. The van der Waals surface area contributed by atoms with Crippen LogP contribution in [0.2, 0.25) is 0 Å². The van der Waals surface area contributed by atoms with E-state index in [1.54, 1.807) is 11.3 Å². The summed E-state index contributed by atoms with van der Waals surface area (Å²) in [6.45, 7) is 8.09. The highest BCUT2D eigenvalue weighted by Gasteiger charge is 2.12. The summed E-state index contributed by atoms with van der Waals surface area (Å²) in [5.41, 5.74) is 2.95. The summed E-state index contributed by atoms with van der Waals surface area (Å²) in [6.07, 6.45) is 1.02. The van der Waals surface area contributed by atoms with E-state index in [-0.39, 0.29) is 5.82 Å². The molecule has 4 rings (SSSR count). The van der Waals surface area contributed by atoms with Crippen molar-refractivity contribution in [1.82, 2.24) is 9.47 Å². The smallest absolute Gasteiger partial charge is 0.190 e. The summed E-state index contributed by atoms with van der Waals surface area (Å²) in [5, 5.41) is 2.11. The molecule has 1 aliphatic heterocycles. The van der Waals surface area contributed by atoms with Crippen LogP contribution < -0.4 is 9.54 Å². The molecule has 0 bridgehead atoms. The number of benzene rings is 2. The van der Waals surface area contributed by atoms with Gasteiger partial charge in [0.15, 0.2) is 4.80 Å². The minimum absolute atomic E-state index is 0.225. The molecule has 1 fully saturated rings. The number of nitrogens with zero attached hydrogens (tertiary/aromatic N) is 3. The van der Waals surface area contributed by atoms with E-state index in [1.807, 2.05) is 43.3 Å². The molecule has 164 valence electrons. The van der Waals surface area contributed by atoms with Gasteiger partial charge in [0.1, 0.15) is 11.6 Å². The van der Waals surface area contributed by atoms with Crippen molar-refractivity contribution in [3.05, 3.63) is 64.5 Å². The second kappa shape index (κ2) is 10.7. The van der Waals surface area contributed by atoms with Gasteiger partial charge in [-0.2, -0.15) is 0 Å². The highest BCUT2D eigenvalue weighted by Crippen LogP contribution is 2.22. The SMILES string of the molecule is CCOc1ccc(N=c2scc(-c3ccc(F)cc3)n2CCCN2CCOCC2)cc1. The standard InChI is InChI=1S/C24H28FN3O2S/c1-2-30-22-10-8-21(9-11-22)26-24-28(13-3-12-27-14-16-29-17-15-27)23(18-31-24)19-4-6-20(25)7-5-19/h4-11,18H,2-3,12-17H2,1H3. The van der Waals surface area contributed by atoms with Gasteiger partial charge in [-0.05, 0) is 67.4 Å². The first-order chi connectivity index (χ1) is 15.2. The van der Waals surface area contributed by atoms with Crippen LogP contribution in [0.25, 0.3) is 11.3 Å². The van der Waals surface area contributed by atoms with Crippen LogP contribution >= 0.6 is 11.3 Å². The maximum atomic E-state index is 13.4. The molecule has 1 aromatic heterocycles. The largest absolute Gasteiger partial charge is 0.494 e. The lowest BCUT2D eigenvalue weighted by Gasteiger charge is -2.26. The zero-order chi connectivity index (χ0) is 21.5. The van der Waals surface area contributed by atoms with Crippen LogP contribution in [0.1, 0.15) is 13.3 Å². The van der Waals surface area contributed by atoms with E-state index in [0.717, 1.165) is 73.3 Å². The van der Waals surface area contributed by atoms with Crippen LogP contribution in [-0.2, 0) is 11.3 Å². The van der Waals surface area contributed by atoms with Crippen LogP contribution in [0.15, 0.2) is 58.9 Å². The molecular formula is C24H28FN3O2S. The Hall–Kier alpha value is -2.48. The van der Waals surface area contributed by atoms with Crippen LogP contribution in [0.3, 0.4) is 0 Å². The normalized spacial score (nSPS) is 15.4. The molecule has 2 heterocycles. The van der Waals surface area contributed by atoms with E-state index < -0.39 is 0 Å². The van der Waals surface area contributed by atoms with Gasteiger partial charge in [-0.25, -0.2) is 9.38 Å². The maximum absolute atomic E-state index is 13.4. The minimum atomic E-state index is -0.225. The molecule has 0 aliphatic carbocycles. The number of morpholine rings is 1. The Balaban J connectivity index is 1.59. The summed E-state index contributed by atoms with van der Waals surface area (Å²) >= 11 is 1.61. The summed E-state index contributed by atoms with van der Waals surface area (Å²) in [5.74, 6) is 0.621. The van der Waals surface area contributed by atoms with Crippen molar-refractivity contribution in [2.45, 2.75) is 19.9 Å². The Morgan fingerprint density at radius 1 is 1.03 bits per heavy atom. The summed E-state index contributed by atoms with van der Waals surface area (Å²) in [4.78, 5) is 8.27. The van der Waals surface area contributed by atoms with Gasteiger partial charge < -0.3 is 14.0 Å². The van der Waals surface area contributed by atoms with Crippen LogP contribution in [0, 0.1) is 5.82 Å². The Morgan fingerprint density at radius 2 is 1.77 bits per heavy atom. The molecule has 31 heavy (non-hydrogen) atoms. The van der Waals surface area contributed by atoms with Crippen molar-refractivity contribution in [1.29, 1.82) is 0 Å². The third kappa shape index (κ3) is 5.81. The zero-order valence-corrected chi connectivity index (χ0v) is 18.6. The highest BCUT2D eigenvalue weighted by atomic mass is 32.1. The van der Waals surface area contributed by atoms with Crippen molar-refractivity contribution in [3.8, 4) is 17.0 Å². The van der Waals surface area contributed by atoms with Crippen molar-refractivity contribution in [2.24, 2.45) is 4.99 Å². The van der Waals surface area contributed by atoms with Gasteiger partial charge in [-0.15, -0.1) is 11.3 Å². The van der Waals surface area contributed by atoms with Gasteiger partial charge in [-0.3, -0.25) is 4.90 Å². The molecule has 0 radical (unpaired) electrons. The first kappa shape index (κ1) is 21.7. The van der Waals surface area contributed by atoms with Gasteiger partial charge in [0.2, 0.25) is 0 Å². The molecule has 0 atom stereocenters. The number of aromatic nitrogens is 1. The molecule has 0 amide bonds. The van der Waals surface area contributed by atoms with Gasteiger partial charge >= 0.3 is 0 Å². The summed E-state index contributed by atoms with van der Waals surface area (Å²) in [7, 11) is 0. The van der Waals surface area contributed by atoms with E-state index in [0.29, 0.717) is 6.61 Å². The molecular weight excluding hydrogens is 413 g/mol. The fraction of sp³-hybridized carbons (Fsp3) is 0.375. The number of rotatable bonds is 8. The Labute approximate surface area is 186 Å². The fourth-order valence-electron chi connectivity index (χ4n) is 3.66. The van der Waals surface area contributed by atoms with E-state index >= 15 is 0 Å². The van der Waals surface area contributed by atoms with Gasteiger partial charge in [0.25, 0.3) is 0 Å². The van der Waals surface area contributed by atoms with E-state index in [9.17, 15) is 4.39 Å². The molecule has 0 saturated carbocycles. The second-order valence-corrected chi connectivity index (χ2v) is 8.24. The first-order valence-corrected chi connectivity index (χ1v) is 11.6. The van der Waals surface area contributed by atoms with E-state index in [1.165, 1.54) is 12.1 Å².